The smallest absolute Gasteiger partial charge is 0.475 e. The predicted octanol–water partition coefficient (Wildman–Crippen LogP) is 3.30. The Morgan fingerprint density at radius 2 is 1.90 bits per heavy atom. The number of benzene rings is 1. The number of rotatable bonds is 6. The van der Waals surface area contributed by atoms with Gasteiger partial charge in [-0.2, -0.15) is 13.2 Å². The number of aryl methyl sites for hydroxylation is 2. The summed E-state index contributed by atoms with van der Waals surface area (Å²) in [5.74, 6) is -2.41. The lowest BCUT2D eigenvalue weighted by atomic mass is 10.1. The number of nitrogens with zero attached hydrogens (tertiary/aromatic N) is 3. The molecule has 0 unspecified atom stereocenters. The normalized spacial score (nSPS) is 10.8. The van der Waals surface area contributed by atoms with Crippen LogP contribution in [-0.4, -0.2) is 44.4 Å². The minimum absolute atomic E-state index is 0.159. The molecule has 2 aromatic heterocycles. The van der Waals surface area contributed by atoms with Gasteiger partial charge < -0.3 is 19.5 Å². The van der Waals surface area contributed by atoms with Gasteiger partial charge in [0.25, 0.3) is 5.91 Å². The van der Waals surface area contributed by atoms with Gasteiger partial charge in [0.05, 0.1) is 12.0 Å². The molecule has 3 aromatic rings. The number of aliphatic carboxylic acids is 1. The molecule has 0 radical (unpaired) electrons. The van der Waals surface area contributed by atoms with Crippen LogP contribution in [-0.2, 0) is 11.3 Å². The number of imidazole rings is 1. The summed E-state index contributed by atoms with van der Waals surface area (Å²) < 4.78 is 39.1. The van der Waals surface area contributed by atoms with Gasteiger partial charge in [-0.1, -0.05) is 35.5 Å². The first-order valence-corrected chi connectivity index (χ1v) is 8.76. The van der Waals surface area contributed by atoms with Crippen molar-refractivity contribution in [2.75, 3.05) is 6.54 Å². The molecule has 160 valence electrons. The Labute approximate surface area is 169 Å². The zero-order valence-electron chi connectivity index (χ0n) is 15.9. The zero-order chi connectivity index (χ0) is 22.1. The molecule has 0 saturated heterocycles. The SMILES string of the molecule is Cc1noc(-c2ccccc2)c1C(=O)NCCCn1ccnc1.O=C(O)C(F)(F)F. The summed E-state index contributed by atoms with van der Waals surface area (Å²) in [6.45, 7) is 3.17. The van der Waals surface area contributed by atoms with E-state index >= 15 is 0 Å². The topological polar surface area (TPSA) is 110 Å². The molecule has 2 N–H and O–H groups in total. The van der Waals surface area contributed by atoms with Gasteiger partial charge in [0.15, 0.2) is 5.76 Å². The second-order valence-corrected chi connectivity index (χ2v) is 6.05. The zero-order valence-corrected chi connectivity index (χ0v) is 15.9. The van der Waals surface area contributed by atoms with E-state index in [2.05, 4.69) is 15.5 Å². The largest absolute Gasteiger partial charge is 0.490 e. The van der Waals surface area contributed by atoms with Crippen molar-refractivity contribution in [2.24, 2.45) is 0 Å². The van der Waals surface area contributed by atoms with Gasteiger partial charge in [0.2, 0.25) is 0 Å². The van der Waals surface area contributed by atoms with Crippen molar-refractivity contribution in [3.63, 3.8) is 0 Å². The monoisotopic (exact) mass is 424 g/mol. The number of amides is 1. The number of carbonyl (C=O) groups is 2. The van der Waals surface area contributed by atoms with Crippen molar-refractivity contribution >= 4 is 11.9 Å². The average Bonchev–Trinajstić information content (AvgIpc) is 3.35. The van der Waals surface area contributed by atoms with Crippen LogP contribution in [0.4, 0.5) is 13.2 Å². The summed E-state index contributed by atoms with van der Waals surface area (Å²) in [4.78, 5) is 25.3. The summed E-state index contributed by atoms with van der Waals surface area (Å²) in [7, 11) is 0. The van der Waals surface area contributed by atoms with Crippen LogP contribution in [0.3, 0.4) is 0 Å². The van der Waals surface area contributed by atoms with E-state index in [9.17, 15) is 18.0 Å². The van der Waals surface area contributed by atoms with Crippen molar-refractivity contribution in [1.82, 2.24) is 20.0 Å². The first kappa shape index (κ1) is 22.7. The van der Waals surface area contributed by atoms with Gasteiger partial charge in [0, 0.05) is 31.0 Å². The highest BCUT2D eigenvalue weighted by Crippen LogP contribution is 2.25. The van der Waals surface area contributed by atoms with E-state index in [1.165, 1.54) is 0 Å². The highest BCUT2D eigenvalue weighted by molar-refractivity contribution is 6.00. The number of alkyl halides is 3. The van der Waals surface area contributed by atoms with E-state index in [1.54, 1.807) is 19.4 Å². The standard InChI is InChI=1S/C17H18N4O2.C2HF3O2/c1-13-15(16(23-20-13)14-6-3-2-4-7-14)17(22)19-8-5-10-21-11-9-18-12-21;3-2(4,5)1(6)7/h2-4,6-7,9,11-12H,5,8,10H2,1H3,(H,19,22);(H,6,7). The molecule has 0 atom stereocenters. The number of aromatic nitrogens is 3. The summed E-state index contributed by atoms with van der Waals surface area (Å²) in [6.07, 6.45) is 1.15. The Morgan fingerprint density at radius 3 is 2.47 bits per heavy atom. The molecule has 11 heteroatoms. The number of nitrogens with one attached hydrogen (secondary N) is 1. The van der Waals surface area contributed by atoms with E-state index in [-0.39, 0.29) is 5.91 Å². The van der Waals surface area contributed by atoms with E-state index < -0.39 is 12.1 Å². The molecular weight excluding hydrogens is 405 g/mol. The van der Waals surface area contributed by atoms with Crippen LogP contribution in [0.5, 0.6) is 0 Å². The molecule has 0 fully saturated rings. The summed E-state index contributed by atoms with van der Waals surface area (Å²) in [6, 6.07) is 9.52. The van der Waals surface area contributed by atoms with Gasteiger partial charge in [-0.25, -0.2) is 9.78 Å². The van der Waals surface area contributed by atoms with Gasteiger partial charge in [-0.15, -0.1) is 0 Å². The molecule has 1 aromatic carbocycles. The van der Waals surface area contributed by atoms with Crippen molar-refractivity contribution in [2.45, 2.75) is 26.1 Å². The molecule has 0 aliphatic heterocycles. The van der Waals surface area contributed by atoms with Crippen molar-refractivity contribution in [3.05, 3.63) is 60.3 Å². The minimum Gasteiger partial charge on any atom is -0.475 e. The van der Waals surface area contributed by atoms with Gasteiger partial charge in [-0.3, -0.25) is 4.79 Å². The lowest BCUT2D eigenvalue weighted by molar-refractivity contribution is -0.192. The molecule has 0 aliphatic carbocycles. The molecule has 30 heavy (non-hydrogen) atoms. The lowest BCUT2D eigenvalue weighted by Gasteiger charge is -2.06. The van der Waals surface area contributed by atoms with Crippen LogP contribution < -0.4 is 5.32 Å². The van der Waals surface area contributed by atoms with Gasteiger partial charge >= 0.3 is 12.1 Å². The number of halogens is 3. The molecule has 1 amide bonds. The Bertz CT molecular complexity index is 954. The maximum atomic E-state index is 12.5. The Kier molecular flexibility index (Phi) is 7.73. The fourth-order valence-electron chi connectivity index (χ4n) is 2.39. The molecule has 0 saturated carbocycles. The number of carboxylic acid groups (broad SMARTS) is 1. The Balaban J connectivity index is 0.000000396. The number of hydrogen-bond donors (Lipinski definition) is 2. The average molecular weight is 424 g/mol. The van der Waals surface area contributed by atoms with Crippen molar-refractivity contribution in [3.8, 4) is 11.3 Å². The third kappa shape index (κ3) is 6.47. The third-order valence-electron chi connectivity index (χ3n) is 3.81. The molecule has 2 heterocycles. The van der Waals surface area contributed by atoms with Crippen LogP contribution in [0.25, 0.3) is 11.3 Å². The summed E-state index contributed by atoms with van der Waals surface area (Å²) in [5.41, 5.74) is 1.94. The van der Waals surface area contributed by atoms with Crippen molar-refractivity contribution in [1.29, 1.82) is 0 Å². The molecule has 0 spiro atoms. The summed E-state index contributed by atoms with van der Waals surface area (Å²) in [5, 5.41) is 14.0. The second kappa shape index (κ2) is 10.2. The highest BCUT2D eigenvalue weighted by Gasteiger charge is 2.38. The second-order valence-electron chi connectivity index (χ2n) is 6.05. The number of hydrogen-bond acceptors (Lipinski definition) is 5. The molecule has 0 bridgehead atoms. The third-order valence-corrected chi connectivity index (χ3v) is 3.81. The number of carboxylic acids is 1. The van der Waals surface area contributed by atoms with Crippen LogP contribution >= 0.6 is 0 Å². The van der Waals surface area contributed by atoms with E-state index in [4.69, 9.17) is 14.4 Å². The summed E-state index contributed by atoms with van der Waals surface area (Å²) >= 11 is 0. The maximum Gasteiger partial charge on any atom is 0.490 e. The molecule has 3 rings (SSSR count). The van der Waals surface area contributed by atoms with Crippen molar-refractivity contribution < 1.29 is 32.4 Å². The fourth-order valence-corrected chi connectivity index (χ4v) is 2.39. The van der Waals surface area contributed by atoms with Crippen LogP contribution in [0.15, 0.2) is 53.6 Å². The quantitative estimate of drug-likeness (QED) is 0.588. The molecular formula is C19H19F3N4O4. The van der Waals surface area contributed by atoms with Crippen LogP contribution in [0, 0.1) is 6.92 Å². The van der Waals surface area contributed by atoms with Gasteiger partial charge in [-0.05, 0) is 13.3 Å². The van der Waals surface area contributed by atoms with Crippen LogP contribution in [0.1, 0.15) is 22.5 Å². The predicted molar refractivity (Wildman–Crippen MR) is 99.5 cm³/mol. The molecule has 0 aliphatic rings. The molecule has 8 nitrogen and oxygen atoms in total. The Hall–Kier alpha value is -3.63. The number of carbonyl (C=O) groups excluding carboxylic acids is 1. The Morgan fingerprint density at radius 1 is 1.23 bits per heavy atom. The van der Waals surface area contributed by atoms with E-state index in [1.807, 2.05) is 41.1 Å². The minimum atomic E-state index is -5.08. The first-order valence-electron chi connectivity index (χ1n) is 8.76. The first-order chi connectivity index (χ1) is 14.2. The van der Waals surface area contributed by atoms with E-state index in [0.717, 1.165) is 18.5 Å². The maximum absolute atomic E-state index is 12.5. The van der Waals surface area contributed by atoms with E-state index in [0.29, 0.717) is 23.6 Å². The fraction of sp³-hybridized carbons (Fsp3) is 0.263. The van der Waals surface area contributed by atoms with Crippen LogP contribution in [0.2, 0.25) is 0 Å². The van der Waals surface area contributed by atoms with Gasteiger partial charge in [0.1, 0.15) is 5.56 Å². The lowest BCUT2D eigenvalue weighted by Crippen LogP contribution is -2.26. The highest BCUT2D eigenvalue weighted by atomic mass is 19.4.